The first-order valence-electron chi connectivity index (χ1n) is 4.27. The van der Waals surface area contributed by atoms with Crippen molar-refractivity contribution in [1.82, 2.24) is 8.75 Å². The molecular formula is C7H10ClN3O2S. The van der Waals surface area contributed by atoms with Gasteiger partial charge in [-0.15, -0.1) is 0 Å². The summed E-state index contributed by atoms with van der Waals surface area (Å²) in [6.07, 6.45) is 0.0708. The van der Waals surface area contributed by atoms with Gasteiger partial charge < -0.3 is 14.8 Å². The van der Waals surface area contributed by atoms with Crippen molar-refractivity contribution in [1.29, 1.82) is 0 Å². The predicted molar refractivity (Wildman–Crippen MR) is 54.0 cm³/mol. The lowest BCUT2D eigenvalue weighted by molar-refractivity contribution is -0.0819. The Balaban J connectivity index is 1.79. The zero-order valence-corrected chi connectivity index (χ0v) is 8.98. The molecule has 0 saturated carbocycles. The summed E-state index contributed by atoms with van der Waals surface area (Å²) in [5, 5.41) is 3.47. The van der Waals surface area contributed by atoms with Gasteiger partial charge in [0.1, 0.15) is 0 Å². The molecule has 1 atom stereocenters. The van der Waals surface area contributed by atoms with Crippen LogP contribution in [0.4, 0.5) is 5.82 Å². The van der Waals surface area contributed by atoms with Gasteiger partial charge in [0, 0.05) is 6.54 Å². The monoisotopic (exact) mass is 235 g/mol. The molecule has 0 aliphatic carbocycles. The van der Waals surface area contributed by atoms with Gasteiger partial charge >= 0.3 is 0 Å². The van der Waals surface area contributed by atoms with E-state index in [1.165, 1.54) is 0 Å². The van der Waals surface area contributed by atoms with Crippen LogP contribution >= 0.6 is 23.3 Å². The summed E-state index contributed by atoms with van der Waals surface area (Å²) < 4.78 is 18.5. The van der Waals surface area contributed by atoms with Crippen molar-refractivity contribution in [3.8, 4) is 0 Å². The zero-order valence-electron chi connectivity index (χ0n) is 7.40. The maximum atomic E-state index is 5.76. The van der Waals surface area contributed by atoms with E-state index in [9.17, 15) is 0 Å². The number of nitrogens with one attached hydrogen (secondary N) is 1. The van der Waals surface area contributed by atoms with E-state index in [2.05, 4.69) is 14.1 Å². The molecule has 0 radical (unpaired) electrons. The quantitative estimate of drug-likeness (QED) is 0.848. The molecule has 1 aromatic rings. The normalized spacial score (nSPS) is 22.2. The van der Waals surface area contributed by atoms with Gasteiger partial charge in [0.25, 0.3) is 0 Å². The minimum Gasteiger partial charge on any atom is -0.376 e. The minimum atomic E-state index is 0.0708. The summed E-state index contributed by atoms with van der Waals surface area (Å²) in [5.74, 6) is 0.617. The summed E-state index contributed by atoms with van der Waals surface area (Å²) in [5.41, 5.74) is 0. The third kappa shape index (κ3) is 2.54. The molecule has 2 heterocycles. The highest BCUT2D eigenvalue weighted by Crippen LogP contribution is 2.17. The van der Waals surface area contributed by atoms with E-state index in [1.54, 1.807) is 0 Å². The molecule has 1 saturated heterocycles. The average molecular weight is 236 g/mol. The Morgan fingerprint density at radius 2 is 2.43 bits per heavy atom. The first-order chi connectivity index (χ1) is 6.86. The fourth-order valence-electron chi connectivity index (χ4n) is 1.15. The molecule has 2 rings (SSSR count). The number of nitrogens with zero attached hydrogens (tertiary/aromatic N) is 2. The van der Waals surface area contributed by atoms with Crippen LogP contribution in [0.2, 0.25) is 5.15 Å². The molecule has 78 valence electrons. The molecule has 1 aliphatic heterocycles. The maximum Gasteiger partial charge on any atom is 0.186 e. The minimum absolute atomic E-state index is 0.0708. The number of ether oxygens (including phenoxy) is 2. The SMILES string of the molecule is Clc1nsnc1NCC1COCCO1. The van der Waals surface area contributed by atoms with Crippen LogP contribution < -0.4 is 5.32 Å². The van der Waals surface area contributed by atoms with Crippen LogP contribution in [0.3, 0.4) is 0 Å². The van der Waals surface area contributed by atoms with Crippen molar-refractivity contribution >= 4 is 29.1 Å². The highest BCUT2D eigenvalue weighted by molar-refractivity contribution is 6.99. The lowest BCUT2D eigenvalue weighted by Gasteiger charge is -2.22. The molecule has 1 N–H and O–H groups in total. The lowest BCUT2D eigenvalue weighted by Crippen LogP contribution is -2.34. The second-order valence-electron chi connectivity index (χ2n) is 2.85. The lowest BCUT2D eigenvalue weighted by atomic mass is 10.3. The van der Waals surface area contributed by atoms with Crippen LogP contribution in [0.25, 0.3) is 0 Å². The van der Waals surface area contributed by atoms with Gasteiger partial charge in [-0.05, 0) is 0 Å². The van der Waals surface area contributed by atoms with Crippen LogP contribution in [0.5, 0.6) is 0 Å². The van der Waals surface area contributed by atoms with Gasteiger partial charge in [-0.1, -0.05) is 11.6 Å². The predicted octanol–water partition coefficient (Wildman–Crippen LogP) is 1.02. The summed E-state index contributed by atoms with van der Waals surface area (Å²) in [4.78, 5) is 0. The molecular weight excluding hydrogens is 226 g/mol. The average Bonchev–Trinajstić information content (AvgIpc) is 2.63. The Morgan fingerprint density at radius 3 is 3.07 bits per heavy atom. The molecule has 0 bridgehead atoms. The standard InChI is InChI=1S/C7H10ClN3O2S/c8-6-7(11-14-10-6)9-3-5-4-12-1-2-13-5/h5H,1-4H2,(H,9,11). The molecule has 1 fully saturated rings. The number of aromatic nitrogens is 2. The fraction of sp³-hybridized carbons (Fsp3) is 0.714. The van der Waals surface area contributed by atoms with E-state index in [0.29, 0.717) is 37.3 Å². The summed E-state index contributed by atoms with van der Waals surface area (Å²) in [6, 6.07) is 0. The summed E-state index contributed by atoms with van der Waals surface area (Å²) in [7, 11) is 0. The van der Waals surface area contributed by atoms with Crippen LogP contribution in [0, 0.1) is 0 Å². The van der Waals surface area contributed by atoms with Gasteiger partial charge in [-0.25, -0.2) is 0 Å². The molecule has 0 amide bonds. The molecule has 0 spiro atoms. The Bertz CT molecular complexity index is 290. The Morgan fingerprint density at radius 1 is 1.50 bits per heavy atom. The fourth-order valence-corrected chi connectivity index (χ4v) is 1.83. The Labute approximate surface area is 90.7 Å². The second-order valence-corrected chi connectivity index (χ2v) is 3.74. The van der Waals surface area contributed by atoms with Gasteiger partial charge in [-0.3, -0.25) is 0 Å². The van der Waals surface area contributed by atoms with E-state index >= 15 is 0 Å². The van der Waals surface area contributed by atoms with Gasteiger partial charge in [0.15, 0.2) is 11.0 Å². The van der Waals surface area contributed by atoms with Crippen LogP contribution in [-0.2, 0) is 9.47 Å². The van der Waals surface area contributed by atoms with E-state index < -0.39 is 0 Å². The second kappa shape index (κ2) is 4.88. The van der Waals surface area contributed by atoms with Crippen molar-refractivity contribution in [3.05, 3.63) is 5.15 Å². The van der Waals surface area contributed by atoms with Crippen molar-refractivity contribution < 1.29 is 9.47 Å². The van der Waals surface area contributed by atoms with Gasteiger partial charge in [0.05, 0.1) is 37.7 Å². The molecule has 1 unspecified atom stereocenters. The van der Waals surface area contributed by atoms with Crippen molar-refractivity contribution in [2.75, 3.05) is 31.7 Å². The molecule has 5 nitrogen and oxygen atoms in total. The van der Waals surface area contributed by atoms with Crippen molar-refractivity contribution in [2.45, 2.75) is 6.10 Å². The Hall–Kier alpha value is -0.430. The van der Waals surface area contributed by atoms with Crippen LogP contribution in [-0.4, -0.2) is 41.2 Å². The number of halogens is 1. The highest BCUT2D eigenvalue weighted by Gasteiger charge is 2.15. The zero-order chi connectivity index (χ0) is 9.80. The van der Waals surface area contributed by atoms with E-state index in [1.807, 2.05) is 0 Å². The summed E-state index contributed by atoms with van der Waals surface area (Å²) >= 11 is 6.85. The van der Waals surface area contributed by atoms with Crippen LogP contribution in [0.1, 0.15) is 0 Å². The number of rotatable bonds is 3. The van der Waals surface area contributed by atoms with Gasteiger partial charge in [0.2, 0.25) is 0 Å². The van der Waals surface area contributed by atoms with Gasteiger partial charge in [-0.2, -0.15) is 8.75 Å². The third-order valence-corrected chi connectivity index (χ3v) is 2.72. The molecule has 7 heteroatoms. The Kier molecular flexibility index (Phi) is 3.52. The number of hydrogen-bond donors (Lipinski definition) is 1. The molecule has 14 heavy (non-hydrogen) atoms. The largest absolute Gasteiger partial charge is 0.376 e. The third-order valence-electron chi connectivity index (χ3n) is 1.83. The first kappa shape index (κ1) is 10.1. The first-order valence-corrected chi connectivity index (χ1v) is 5.38. The van der Waals surface area contributed by atoms with Crippen molar-refractivity contribution in [2.24, 2.45) is 0 Å². The smallest absolute Gasteiger partial charge is 0.186 e. The molecule has 0 aromatic carbocycles. The maximum absolute atomic E-state index is 5.76. The number of hydrogen-bond acceptors (Lipinski definition) is 6. The summed E-state index contributed by atoms with van der Waals surface area (Å²) in [6.45, 7) is 2.58. The highest BCUT2D eigenvalue weighted by atomic mass is 35.5. The van der Waals surface area contributed by atoms with Crippen LogP contribution in [0.15, 0.2) is 0 Å². The van der Waals surface area contributed by atoms with Crippen molar-refractivity contribution in [3.63, 3.8) is 0 Å². The molecule has 1 aromatic heterocycles. The van der Waals surface area contributed by atoms with E-state index in [0.717, 1.165) is 11.7 Å². The number of anilines is 1. The topological polar surface area (TPSA) is 56.3 Å². The van der Waals surface area contributed by atoms with E-state index in [4.69, 9.17) is 21.1 Å². The van der Waals surface area contributed by atoms with E-state index in [-0.39, 0.29) is 6.10 Å². The molecule has 1 aliphatic rings.